The van der Waals surface area contributed by atoms with Crippen LogP contribution in [-0.2, 0) is 20.7 Å². The molecule has 1 saturated heterocycles. The first-order chi connectivity index (χ1) is 24.2. The highest BCUT2D eigenvalue weighted by Crippen LogP contribution is 2.39. The van der Waals surface area contributed by atoms with E-state index in [2.05, 4.69) is 9.72 Å². The molecule has 1 aromatic heterocycles. The molecule has 1 amide bonds. The minimum absolute atomic E-state index is 0.00574. The molecule has 274 valence electrons. The number of halogens is 4. The molecule has 1 aliphatic carbocycles. The van der Waals surface area contributed by atoms with Gasteiger partial charge in [-0.15, -0.1) is 0 Å². The van der Waals surface area contributed by atoms with Gasteiger partial charge in [0.15, 0.2) is 23.0 Å². The molecule has 11 nitrogen and oxygen atoms in total. The van der Waals surface area contributed by atoms with Crippen LogP contribution in [0, 0.1) is 5.92 Å². The maximum Gasteiger partial charge on any atom is 0.411 e. The van der Waals surface area contributed by atoms with Crippen molar-refractivity contribution in [1.29, 1.82) is 0 Å². The Morgan fingerprint density at radius 2 is 1.67 bits per heavy atom. The first-order valence-electron chi connectivity index (χ1n) is 16.3. The number of esters is 2. The molecule has 1 unspecified atom stereocenters. The maximum atomic E-state index is 13.8. The lowest BCUT2D eigenvalue weighted by atomic mass is 10.0. The van der Waals surface area contributed by atoms with Crippen LogP contribution >= 0.6 is 23.2 Å². The summed E-state index contributed by atoms with van der Waals surface area (Å²) >= 11 is 12.9. The molecule has 5 rings (SSSR count). The number of methoxy groups -OCH3 is 1. The third-order valence-corrected chi connectivity index (χ3v) is 8.73. The number of carbonyl (C=O) groups is 3. The van der Waals surface area contributed by atoms with E-state index >= 15 is 0 Å². The topological polar surface area (TPSA) is 123 Å². The second kappa shape index (κ2) is 16.3. The van der Waals surface area contributed by atoms with Gasteiger partial charge < -0.3 is 28.4 Å². The van der Waals surface area contributed by atoms with Crippen LogP contribution < -0.4 is 18.9 Å². The summed E-state index contributed by atoms with van der Waals surface area (Å²) in [4.78, 5) is 45.2. The summed E-state index contributed by atoms with van der Waals surface area (Å²) in [5.41, 5.74) is 0.0391. The molecule has 0 spiro atoms. The zero-order valence-corrected chi connectivity index (χ0v) is 30.0. The number of hydrogen-bond donors (Lipinski definition) is 0. The quantitative estimate of drug-likeness (QED) is 0.125. The van der Waals surface area contributed by atoms with Gasteiger partial charge in [0.25, 0.3) is 0 Å². The standard InChI is InChI=1S/C36H38Cl2F2N2O9/c1-36(2,3)51-35(45)42-13-5-6-26(42)33(44)49-31-15-22(10-11-27(31)46-4)32(43)48-29(16-23-24(37)17-41-18-25(23)38)21-9-12-28(50-34(39)40)30(14-21)47-19-20-7-8-20/h9-12,14-15,17-18,20,26,29,34H,5-8,13,16,19H2,1-4H3/t26-,29?/m0/s1. The highest BCUT2D eigenvalue weighted by molar-refractivity contribution is 6.35. The summed E-state index contributed by atoms with van der Waals surface area (Å²) in [5, 5.41) is 0.440. The van der Waals surface area contributed by atoms with E-state index in [9.17, 15) is 23.2 Å². The van der Waals surface area contributed by atoms with Crippen LogP contribution in [0.15, 0.2) is 48.8 Å². The number of aromatic nitrogens is 1. The second-order valence-electron chi connectivity index (χ2n) is 13.1. The fraction of sp³-hybridized carbons (Fsp3) is 0.444. The zero-order valence-electron chi connectivity index (χ0n) is 28.5. The van der Waals surface area contributed by atoms with E-state index in [0.29, 0.717) is 43.0 Å². The minimum atomic E-state index is -3.09. The van der Waals surface area contributed by atoms with Crippen LogP contribution in [0.1, 0.15) is 74.0 Å². The Kier molecular flexibility index (Phi) is 12.1. The van der Waals surface area contributed by atoms with Crippen molar-refractivity contribution in [3.8, 4) is 23.0 Å². The van der Waals surface area contributed by atoms with Crippen LogP contribution in [0.25, 0.3) is 0 Å². The van der Waals surface area contributed by atoms with Crippen LogP contribution in [0.3, 0.4) is 0 Å². The number of benzene rings is 2. The summed E-state index contributed by atoms with van der Waals surface area (Å²) in [6, 6.07) is 7.50. The Bertz CT molecular complexity index is 1730. The molecule has 2 atom stereocenters. The van der Waals surface area contributed by atoms with Gasteiger partial charge in [0.2, 0.25) is 0 Å². The average molecular weight is 752 g/mol. The highest BCUT2D eigenvalue weighted by atomic mass is 35.5. The van der Waals surface area contributed by atoms with Crippen LogP contribution in [-0.4, -0.2) is 66.4 Å². The van der Waals surface area contributed by atoms with Gasteiger partial charge in [-0.25, -0.2) is 14.4 Å². The summed E-state index contributed by atoms with van der Waals surface area (Å²) in [6.07, 6.45) is 3.92. The number of alkyl halides is 2. The van der Waals surface area contributed by atoms with E-state index in [1.165, 1.54) is 60.8 Å². The lowest BCUT2D eigenvalue weighted by molar-refractivity contribution is -0.139. The number of amides is 1. The number of pyridine rings is 1. The van der Waals surface area contributed by atoms with E-state index in [1.54, 1.807) is 20.8 Å². The minimum Gasteiger partial charge on any atom is -0.493 e. The van der Waals surface area contributed by atoms with Gasteiger partial charge in [-0.1, -0.05) is 29.3 Å². The van der Waals surface area contributed by atoms with Crippen molar-refractivity contribution in [3.63, 3.8) is 0 Å². The first-order valence-corrected chi connectivity index (χ1v) is 17.1. The number of ether oxygens (including phenoxy) is 6. The molecule has 15 heteroatoms. The lowest BCUT2D eigenvalue weighted by Gasteiger charge is -2.27. The van der Waals surface area contributed by atoms with Crippen molar-refractivity contribution in [2.24, 2.45) is 5.92 Å². The SMILES string of the molecule is COc1ccc(C(=O)OC(Cc2c(Cl)cncc2Cl)c2ccc(OC(F)F)c(OCC3CC3)c2)cc1OC(=O)[C@@H]1CCCN1C(=O)OC(C)(C)C. The van der Waals surface area contributed by atoms with Crippen LogP contribution in [0.2, 0.25) is 10.0 Å². The van der Waals surface area contributed by atoms with E-state index < -0.39 is 42.4 Å². The second-order valence-corrected chi connectivity index (χ2v) is 14.0. The third kappa shape index (κ3) is 10.1. The fourth-order valence-electron chi connectivity index (χ4n) is 5.38. The van der Waals surface area contributed by atoms with Crippen molar-refractivity contribution in [2.45, 2.75) is 77.2 Å². The normalized spacial score (nSPS) is 16.4. The Morgan fingerprint density at radius 1 is 0.961 bits per heavy atom. The predicted octanol–water partition coefficient (Wildman–Crippen LogP) is 8.23. The number of nitrogens with zero attached hydrogens (tertiary/aromatic N) is 2. The number of likely N-dealkylation sites (tertiary alicyclic amines) is 1. The van der Waals surface area contributed by atoms with E-state index in [1.807, 2.05) is 0 Å². The molecule has 0 radical (unpaired) electrons. The Balaban J connectivity index is 1.41. The molecule has 2 aliphatic rings. The van der Waals surface area contributed by atoms with Gasteiger partial charge >= 0.3 is 24.6 Å². The number of rotatable bonds is 13. The molecule has 0 bridgehead atoms. The Labute approximate surface area is 304 Å². The Morgan fingerprint density at radius 3 is 2.31 bits per heavy atom. The van der Waals surface area contributed by atoms with E-state index in [0.717, 1.165) is 12.8 Å². The van der Waals surface area contributed by atoms with Gasteiger partial charge in [0.05, 0.1) is 29.3 Å². The van der Waals surface area contributed by atoms with Gasteiger partial charge in [-0.2, -0.15) is 8.78 Å². The van der Waals surface area contributed by atoms with Gasteiger partial charge in [0, 0.05) is 25.4 Å². The van der Waals surface area contributed by atoms with Crippen LogP contribution in [0.4, 0.5) is 13.6 Å². The smallest absolute Gasteiger partial charge is 0.411 e. The molecule has 1 saturated carbocycles. The Hall–Kier alpha value is -4.36. The number of hydrogen-bond acceptors (Lipinski definition) is 10. The molecule has 2 fully saturated rings. The summed E-state index contributed by atoms with van der Waals surface area (Å²) in [6.45, 7) is 2.72. The molecule has 51 heavy (non-hydrogen) atoms. The van der Waals surface area contributed by atoms with Crippen molar-refractivity contribution >= 4 is 41.2 Å². The summed E-state index contributed by atoms with van der Waals surface area (Å²) in [5.74, 6) is -1.29. The monoisotopic (exact) mass is 750 g/mol. The van der Waals surface area contributed by atoms with Crippen molar-refractivity contribution < 1.29 is 51.6 Å². The predicted molar refractivity (Wildman–Crippen MR) is 182 cm³/mol. The largest absolute Gasteiger partial charge is 0.493 e. The molecular weight excluding hydrogens is 713 g/mol. The fourth-order valence-corrected chi connectivity index (χ4v) is 5.90. The lowest BCUT2D eigenvalue weighted by Crippen LogP contribution is -2.44. The maximum absolute atomic E-state index is 13.8. The molecule has 0 N–H and O–H groups in total. The summed E-state index contributed by atoms with van der Waals surface area (Å²) < 4.78 is 59.5. The van der Waals surface area contributed by atoms with Crippen molar-refractivity contribution in [3.05, 3.63) is 75.5 Å². The molecule has 3 aromatic rings. The van der Waals surface area contributed by atoms with Gasteiger partial charge in [-0.3, -0.25) is 9.88 Å². The molecule has 2 heterocycles. The van der Waals surface area contributed by atoms with Crippen LogP contribution in [0.5, 0.6) is 23.0 Å². The average Bonchev–Trinajstić information content (AvgIpc) is 3.76. The highest BCUT2D eigenvalue weighted by Gasteiger charge is 2.38. The third-order valence-electron chi connectivity index (χ3n) is 8.08. The first kappa shape index (κ1) is 37.9. The molecule has 2 aromatic carbocycles. The van der Waals surface area contributed by atoms with Gasteiger partial charge in [0.1, 0.15) is 17.7 Å². The van der Waals surface area contributed by atoms with E-state index in [-0.39, 0.29) is 45.0 Å². The summed E-state index contributed by atoms with van der Waals surface area (Å²) in [7, 11) is 1.37. The van der Waals surface area contributed by atoms with Crippen molar-refractivity contribution in [2.75, 3.05) is 20.3 Å². The van der Waals surface area contributed by atoms with Gasteiger partial charge in [-0.05, 0) is 93.8 Å². The van der Waals surface area contributed by atoms with Crippen molar-refractivity contribution in [1.82, 2.24) is 9.88 Å². The molecule has 1 aliphatic heterocycles. The van der Waals surface area contributed by atoms with E-state index in [4.69, 9.17) is 46.9 Å². The number of carbonyl (C=O) groups excluding carboxylic acids is 3. The zero-order chi connectivity index (χ0) is 36.9. The molecular formula is C36H38Cl2F2N2O9.